The fourth-order valence-corrected chi connectivity index (χ4v) is 3.33. The standard InChI is InChI=1S/C24H28N4O5/c1-16(18-13-20(31-2)23(33-4)21(14-18)32-3)26-24(30)17-6-5-7-19(12-17)27-22(29)8-10-28-11-9-25-15-28/h5-7,9,11-16H,8,10H2,1-4H3,(H,26,30)(H,27,29). The highest BCUT2D eigenvalue weighted by Crippen LogP contribution is 2.39. The number of methoxy groups -OCH3 is 3. The van der Waals surface area contributed by atoms with E-state index in [4.69, 9.17) is 14.2 Å². The minimum Gasteiger partial charge on any atom is -0.493 e. The first kappa shape index (κ1) is 23.6. The van der Waals surface area contributed by atoms with Gasteiger partial charge in [-0.15, -0.1) is 0 Å². The molecule has 0 radical (unpaired) electrons. The maximum Gasteiger partial charge on any atom is 0.251 e. The number of rotatable bonds is 10. The normalized spacial score (nSPS) is 11.4. The monoisotopic (exact) mass is 452 g/mol. The van der Waals surface area contributed by atoms with E-state index in [-0.39, 0.29) is 17.9 Å². The van der Waals surface area contributed by atoms with Gasteiger partial charge >= 0.3 is 0 Å². The minimum atomic E-state index is -0.334. The molecule has 0 saturated heterocycles. The summed E-state index contributed by atoms with van der Waals surface area (Å²) in [5.41, 5.74) is 1.78. The van der Waals surface area contributed by atoms with Gasteiger partial charge in [0.1, 0.15) is 0 Å². The van der Waals surface area contributed by atoms with E-state index < -0.39 is 0 Å². The number of amides is 2. The molecule has 0 saturated carbocycles. The molecule has 3 aromatic rings. The lowest BCUT2D eigenvalue weighted by Gasteiger charge is -2.19. The number of hydrogen-bond acceptors (Lipinski definition) is 6. The van der Waals surface area contributed by atoms with E-state index in [2.05, 4.69) is 15.6 Å². The van der Waals surface area contributed by atoms with Crippen molar-refractivity contribution in [2.75, 3.05) is 26.6 Å². The Bertz CT molecular complexity index is 1070. The SMILES string of the molecule is COc1cc(C(C)NC(=O)c2cccc(NC(=O)CCn3ccnc3)c2)cc(OC)c1OC. The molecule has 0 aliphatic heterocycles. The third kappa shape index (κ3) is 6.03. The molecule has 1 atom stereocenters. The molecule has 0 aliphatic rings. The Morgan fingerprint density at radius 2 is 1.79 bits per heavy atom. The molecule has 1 heterocycles. The Hall–Kier alpha value is -4.01. The topological polar surface area (TPSA) is 104 Å². The number of benzene rings is 2. The van der Waals surface area contributed by atoms with Crippen LogP contribution in [0.25, 0.3) is 0 Å². The molecule has 2 N–H and O–H groups in total. The summed E-state index contributed by atoms with van der Waals surface area (Å²) in [6.45, 7) is 2.39. The predicted octanol–water partition coefficient (Wildman–Crippen LogP) is 3.43. The minimum absolute atomic E-state index is 0.146. The molecule has 1 unspecified atom stereocenters. The number of aryl methyl sites for hydroxylation is 1. The molecule has 3 rings (SSSR count). The van der Waals surface area contributed by atoms with Gasteiger partial charge < -0.3 is 29.4 Å². The Labute approximate surface area is 192 Å². The van der Waals surface area contributed by atoms with Crippen LogP contribution in [0.2, 0.25) is 0 Å². The Balaban J connectivity index is 1.66. The van der Waals surface area contributed by atoms with Crippen LogP contribution in [-0.4, -0.2) is 42.7 Å². The summed E-state index contributed by atoms with van der Waals surface area (Å²) >= 11 is 0. The molecular formula is C24H28N4O5. The molecule has 0 bridgehead atoms. The number of hydrogen-bond donors (Lipinski definition) is 2. The van der Waals surface area contributed by atoms with Crippen molar-refractivity contribution in [3.8, 4) is 17.2 Å². The van der Waals surface area contributed by atoms with E-state index in [1.54, 1.807) is 69.3 Å². The number of carbonyl (C=O) groups excluding carboxylic acids is 2. The van der Waals surface area contributed by atoms with E-state index in [9.17, 15) is 9.59 Å². The summed E-state index contributed by atoms with van der Waals surface area (Å²) in [6.07, 6.45) is 5.42. The first-order chi connectivity index (χ1) is 15.9. The zero-order valence-electron chi connectivity index (χ0n) is 19.1. The predicted molar refractivity (Wildman–Crippen MR) is 124 cm³/mol. The summed E-state index contributed by atoms with van der Waals surface area (Å²) in [5.74, 6) is 1.08. The highest BCUT2D eigenvalue weighted by molar-refractivity contribution is 5.97. The molecule has 33 heavy (non-hydrogen) atoms. The molecule has 0 fully saturated rings. The van der Waals surface area contributed by atoms with Crippen molar-refractivity contribution in [2.45, 2.75) is 25.9 Å². The van der Waals surface area contributed by atoms with Crippen LogP contribution in [0.1, 0.15) is 35.3 Å². The molecule has 174 valence electrons. The zero-order valence-corrected chi connectivity index (χ0v) is 19.1. The number of ether oxygens (including phenoxy) is 3. The lowest BCUT2D eigenvalue weighted by molar-refractivity contribution is -0.116. The van der Waals surface area contributed by atoms with Crippen LogP contribution in [-0.2, 0) is 11.3 Å². The average molecular weight is 453 g/mol. The van der Waals surface area contributed by atoms with Crippen molar-refractivity contribution < 1.29 is 23.8 Å². The number of nitrogens with zero attached hydrogens (tertiary/aromatic N) is 2. The molecule has 9 heteroatoms. The van der Waals surface area contributed by atoms with Crippen LogP contribution in [0.5, 0.6) is 17.2 Å². The maximum atomic E-state index is 12.9. The Kier molecular flexibility index (Phi) is 7.91. The van der Waals surface area contributed by atoms with Crippen molar-refractivity contribution in [1.29, 1.82) is 0 Å². The molecule has 2 amide bonds. The van der Waals surface area contributed by atoms with E-state index in [1.807, 2.05) is 11.5 Å². The van der Waals surface area contributed by atoms with Crippen LogP contribution < -0.4 is 24.8 Å². The second kappa shape index (κ2) is 11.0. The summed E-state index contributed by atoms with van der Waals surface area (Å²) in [6, 6.07) is 10.1. The fraction of sp³-hybridized carbons (Fsp3) is 0.292. The van der Waals surface area contributed by atoms with E-state index in [0.29, 0.717) is 41.5 Å². The number of imidazole rings is 1. The number of anilines is 1. The van der Waals surface area contributed by atoms with E-state index in [1.165, 1.54) is 7.11 Å². The summed E-state index contributed by atoms with van der Waals surface area (Å²) in [4.78, 5) is 29.1. The van der Waals surface area contributed by atoms with Gasteiger partial charge in [-0.1, -0.05) is 6.07 Å². The van der Waals surface area contributed by atoms with E-state index >= 15 is 0 Å². The molecular weight excluding hydrogens is 424 g/mol. The van der Waals surface area contributed by atoms with Gasteiger partial charge in [0, 0.05) is 36.6 Å². The Morgan fingerprint density at radius 3 is 2.39 bits per heavy atom. The lowest BCUT2D eigenvalue weighted by Crippen LogP contribution is -2.27. The molecule has 2 aromatic carbocycles. The van der Waals surface area contributed by atoms with Gasteiger partial charge in [0.2, 0.25) is 11.7 Å². The third-order valence-corrected chi connectivity index (χ3v) is 5.10. The number of aromatic nitrogens is 2. The smallest absolute Gasteiger partial charge is 0.251 e. The van der Waals surface area contributed by atoms with Crippen molar-refractivity contribution >= 4 is 17.5 Å². The molecule has 0 spiro atoms. The summed E-state index contributed by atoms with van der Waals surface area (Å²) < 4.78 is 18.0. The van der Waals surface area contributed by atoms with Gasteiger partial charge in [0.05, 0.1) is 33.7 Å². The van der Waals surface area contributed by atoms with Gasteiger partial charge in [-0.25, -0.2) is 4.98 Å². The van der Waals surface area contributed by atoms with Gasteiger partial charge in [0.25, 0.3) is 5.91 Å². The number of carbonyl (C=O) groups is 2. The number of nitrogens with one attached hydrogen (secondary N) is 2. The molecule has 9 nitrogen and oxygen atoms in total. The maximum absolute atomic E-state index is 12.9. The van der Waals surface area contributed by atoms with Crippen molar-refractivity contribution in [3.05, 3.63) is 66.2 Å². The largest absolute Gasteiger partial charge is 0.493 e. The van der Waals surface area contributed by atoms with Crippen LogP contribution >= 0.6 is 0 Å². The molecule has 1 aromatic heterocycles. The highest BCUT2D eigenvalue weighted by atomic mass is 16.5. The van der Waals surface area contributed by atoms with Crippen LogP contribution in [0, 0.1) is 0 Å². The second-order valence-electron chi connectivity index (χ2n) is 7.33. The zero-order chi connectivity index (χ0) is 23.8. The Morgan fingerprint density at radius 1 is 1.06 bits per heavy atom. The molecule has 0 aliphatic carbocycles. The second-order valence-corrected chi connectivity index (χ2v) is 7.33. The third-order valence-electron chi connectivity index (χ3n) is 5.10. The van der Waals surface area contributed by atoms with E-state index in [0.717, 1.165) is 5.56 Å². The van der Waals surface area contributed by atoms with Crippen LogP contribution in [0.4, 0.5) is 5.69 Å². The van der Waals surface area contributed by atoms with Gasteiger partial charge in [-0.05, 0) is 42.8 Å². The van der Waals surface area contributed by atoms with Crippen molar-refractivity contribution in [2.24, 2.45) is 0 Å². The van der Waals surface area contributed by atoms with Gasteiger partial charge in [-0.3, -0.25) is 9.59 Å². The lowest BCUT2D eigenvalue weighted by atomic mass is 10.1. The van der Waals surface area contributed by atoms with Crippen molar-refractivity contribution in [3.63, 3.8) is 0 Å². The van der Waals surface area contributed by atoms with Crippen molar-refractivity contribution in [1.82, 2.24) is 14.9 Å². The van der Waals surface area contributed by atoms with Crippen LogP contribution in [0.3, 0.4) is 0 Å². The van der Waals surface area contributed by atoms with Crippen LogP contribution in [0.15, 0.2) is 55.1 Å². The summed E-state index contributed by atoms with van der Waals surface area (Å²) in [7, 11) is 4.62. The highest BCUT2D eigenvalue weighted by Gasteiger charge is 2.18. The quantitative estimate of drug-likeness (QED) is 0.489. The van der Waals surface area contributed by atoms with Gasteiger partial charge in [0.15, 0.2) is 11.5 Å². The first-order valence-electron chi connectivity index (χ1n) is 10.4. The average Bonchev–Trinajstić information content (AvgIpc) is 3.35. The van der Waals surface area contributed by atoms with Gasteiger partial charge in [-0.2, -0.15) is 0 Å². The summed E-state index contributed by atoms with van der Waals surface area (Å²) in [5, 5.41) is 5.79. The fourth-order valence-electron chi connectivity index (χ4n) is 3.33. The first-order valence-corrected chi connectivity index (χ1v) is 10.4.